The highest BCUT2D eigenvalue weighted by atomic mass is 32.2. The van der Waals surface area contributed by atoms with Crippen LogP contribution in [0.3, 0.4) is 0 Å². The first kappa shape index (κ1) is 17.9. The second-order valence-electron chi connectivity index (χ2n) is 7.00. The molecule has 0 saturated heterocycles. The van der Waals surface area contributed by atoms with Gasteiger partial charge in [-0.25, -0.2) is 8.42 Å². The van der Waals surface area contributed by atoms with Crippen molar-refractivity contribution in [3.05, 3.63) is 66.2 Å². The average molecular weight is 381 g/mol. The molecule has 4 rings (SSSR count). The van der Waals surface area contributed by atoms with Crippen molar-refractivity contribution in [2.45, 2.75) is 37.6 Å². The molecule has 0 N–H and O–H groups in total. The van der Waals surface area contributed by atoms with Crippen LogP contribution in [0.4, 0.5) is 5.69 Å². The lowest BCUT2D eigenvalue weighted by Gasteiger charge is -2.24. The zero-order chi connectivity index (χ0) is 19.0. The van der Waals surface area contributed by atoms with Crippen molar-refractivity contribution in [3.63, 3.8) is 0 Å². The van der Waals surface area contributed by atoms with Gasteiger partial charge in [0.15, 0.2) is 0 Å². The summed E-state index contributed by atoms with van der Waals surface area (Å²) in [6.45, 7) is 4.69. The number of ether oxygens (including phenoxy) is 1. The maximum absolute atomic E-state index is 13.4. The average Bonchev–Trinajstić information content (AvgIpc) is 3.02. The van der Waals surface area contributed by atoms with Crippen LogP contribution in [0.25, 0.3) is 10.8 Å². The molecule has 27 heavy (non-hydrogen) atoms. The van der Waals surface area contributed by atoms with Gasteiger partial charge in [0.2, 0.25) is 0 Å². The van der Waals surface area contributed by atoms with Crippen LogP contribution >= 0.6 is 0 Å². The summed E-state index contributed by atoms with van der Waals surface area (Å²) >= 11 is 0. The zero-order valence-corrected chi connectivity index (χ0v) is 16.4. The molecule has 4 nitrogen and oxygen atoms in total. The van der Waals surface area contributed by atoms with E-state index in [9.17, 15) is 8.42 Å². The normalized spacial score (nSPS) is 16.5. The van der Waals surface area contributed by atoms with Gasteiger partial charge < -0.3 is 4.74 Å². The Labute approximate surface area is 160 Å². The Balaban J connectivity index is 1.73. The van der Waals surface area contributed by atoms with Gasteiger partial charge in [0, 0.05) is 6.04 Å². The molecule has 0 amide bonds. The van der Waals surface area contributed by atoms with Crippen molar-refractivity contribution in [1.29, 1.82) is 0 Å². The number of hydrogen-bond acceptors (Lipinski definition) is 3. The van der Waals surface area contributed by atoms with E-state index in [1.807, 2.05) is 55.5 Å². The number of fused-ring (bicyclic) bond motifs is 2. The fraction of sp³-hybridized carbons (Fsp3) is 0.273. The predicted molar refractivity (Wildman–Crippen MR) is 109 cm³/mol. The number of hydrogen-bond donors (Lipinski definition) is 0. The van der Waals surface area contributed by atoms with Crippen LogP contribution < -0.4 is 9.04 Å². The first-order valence-electron chi connectivity index (χ1n) is 9.29. The maximum atomic E-state index is 13.4. The SMILES string of the molecule is CCCOc1ccc2cc(S(=O)(=O)N3c4ccccc4CC3C)ccc2c1. The van der Waals surface area contributed by atoms with E-state index >= 15 is 0 Å². The Bertz CT molecular complexity index is 1090. The number of sulfonamides is 1. The van der Waals surface area contributed by atoms with Crippen molar-refractivity contribution < 1.29 is 13.2 Å². The fourth-order valence-electron chi connectivity index (χ4n) is 3.69. The molecule has 0 bridgehead atoms. The van der Waals surface area contributed by atoms with Gasteiger partial charge in [-0.05, 0) is 66.4 Å². The summed E-state index contributed by atoms with van der Waals surface area (Å²) in [4.78, 5) is 0.320. The van der Waals surface area contributed by atoms with Gasteiger partial charge in [-0.15, -0.1) is 0 Å². The maximum Gasteiger partial charge on any atom is 0.264 e. The third kappa shape index (κ3) is 3.16. The second kappa shape index (κ2) is 6.89. The number of benzene rings is 3. The van der Waals surface area contributed by atoms with Crippen molar-refractivity contribution in [2.75, 3.05) is 10.9 Å². The smallest absolute Gasteiger partial charge is 0.264 e. The Kier molecular flexibility index (Phi) is 4.56. The molecule has 1 unspecified atom stereocenters. The van der Waals surface area contributed by atoms with E-state index in [-0.39, 0.29) is 6.04 Å². The van der Waals surface area contributed by atoms with Gasteiger partial charge in [-0.3, -0.25) is 4.31 Å². The number of anilines is 1. The molecule has 0 spiro atoms. The minimum Gasteiger partial charge on any atom is -0.494 e. The lowest BCUT2D eigenvalue weighted by molar-refractivity contribution is 0.318. The van der Waals surface area contributed by atoms with E-state index in [4.69, 9.17) is 4.74 Å². The molecule has 5 heteroatoms. The quantitative estimate of drug-likeness (QED) is 0.640. The molecule has 1 atom stereocenters. The Morgan fingerprint density at radius 3 is 2.59 bits per heavy atom. The highest BCUT2D eigenvalue weighted by molar-refractivity contribution is 7.92. The minimum atomic E-state index is -3.61. The van der Waals surface area contributed by atoms with Gasteiger partial charge in [-0.2, -0.15) is 0 Å². The highest BCUT2D eigenvalue weighted by Crippen LogP contribution is 2.37. The lowest BCUT2D eigenvalue weighted by atomic mass is 10.1. The second-order valence-corrected chi connectivity index (χ2v) is 8.82. The molecular weight excluding hydrogens is 358 g/mol. The third-order valence-electron chi connectivity index (χ3n) is 4.96. The zero-order valence-electron chi connectivity index (χ0n) is 15.6. The molecule has 1 aliphatic rings. The van der Waals surface area contributed by atoms with E-state index in [1.165, 1.54) is 0 Å². The molecule has 0 fully saturated rings. The van der Waals surface area contributed by atoms with Crippen LogP contribution in [0.2, 0.25) is 0 Å². The summed E-state index contributed by atoms with van der Waals surface area (Å²) in [7, 11) is -3.61. The van der Waals surface area contributed by atoms with Crippen LogP contribution in [0.1, 0.15) is 25.8 Å². The Hall–Kier alpha value is -2.53. The molecule has 3 aromatic rings. The first-order chi connectivity index (χ1) is 13.0. The molecule has 140 valence electrons. The molecular formula is C22H23NO3S. The van der Waals surface area contributed by atoms with Gasteiger partial charge in [0.25, 0.3) is 10.0 Å². The van der Waals surface area contributed by atoms with Crippen molar-refractivity contribution in [1.82, 2.24) is 0 Å². The van der Waals surface area contributed by atoms with Crippen LogP contribution in [0, 0.1) is 0 Å². The summed E-state index contributed by atoms with van der Waals surface area (Å²) in [6, 6.07) is 18.7. The van der Waals surface area contributed by atoms with Gasteiger partial charge in [-0.1, -0.05) is 37.3 Å². The molecule has 0 radical (unpaired) electrons. The van der Waals surface area contributed by atoms with Gasteiger partial charge >= 0.3 is 0 Å². The van der Waals surface area contributed by atoms with E-state index in [2.05, 4.69) is 6.92 Å². The largest absolute Gasteiger partial charge is 0.494 e. The standard InChI is InChI=1S/C22H23NO3S/c1-3-12-26-20-10-8-18-15-21(11-9-17(18)14-20)27(24,25)23-16(2)13-19-6-4-5-7-22(19)23/h4-11,14-16H,3,12-13H2,1-2H3. The summed E-state index contributed by atoms with van der Waals surface area (Å²) in [5.41, 5.74) is 1.86. The number of nitrogens with zero attached hydrogens (tertiary/aromatic N) is 1. The molecule has 1 aliphatic heterocycles. The van der Waals surface area contributed by atoms with Crippen LogP contribution in [0.5, 0.6) is 5.75 Å². The minimum absolute atomic E-state index is 0.0899. The van der Waals surface area contributed by atoms with Crippen molar-refractivity contribution >= 4 is 26.5 Å². The van der Waals surface area contributed by atoms with Crippen molar-refractivity contribution in [2.24, 2.45) is 0 Å². The van der Waals surface area contributed by atoms with Gasteiger partial charge in [0.1, 0.15) is 5.75 Å². The predicted octanol–water partition coefficient (Wildman–Crippen LogP) is 4.77. The topological polar surface area (TPSA) is 46.6 Å². The monoisotopic (exact) mass is 381 g/mol. The first-order valence-corrected chi connectivity index (χ1v) is 10.7. The van der Waals surface area contributed by atoms with E-state index in [0.29, 0.717) is 11.5 Å². The number of rotatable bonds is 5. The van der Waals surface area contributed by atoms with Crippen molar-refractivity contribution in [3.8, 4) is 5.75 Å². The lowest BCUT2D eigenvalue weighted by Crippen LogP contribution is -2.35. The molecule has 0 aromatic heterocycles. The molecule has 0 aliphatic carbocycles. The highest BCUT2D eigenvalue weighted by Gasteiger charge is 2.35. The molecule has 3 aromatic carbocycles. The summed E-state index contributed by atoms with van der Waals surface area (Å²) < 4.78 is 33.9. The summed E-state index contributed by atoms with van der Waals surface area (Å²) in [6.07, 6.45) is 1.69. The Morgan fingerprint density at radius 1 is 1.04 bits per heavy atom. The van der Waals surface area contributed by atoms with E-state index < -0.39 is 10.0 Å². The Morgan fingerprint density at radius 2 is 1.78 bits per heavy atom. The van der Waals surface area contributed by atoms with E-state index in [1.54, 1.807) is 16.4 Å². The van der Waals surface area contributed by atoms with Crippen LogP contribution in [-0.2, 0) is 16.4 Å². The molecule has 1 heterocycles. The fourth-order valence-corrected chi connectivity index (χ4v) is 5.42. The summed E-state index contributed by atoms with van der Waals surface area (Å²) in [5.74, 6) is 0.807. The molecule has 0 saturated carbocycles. The van der Waals surface area contributed by atoms with Crippen LogP contribution in [-0.4, -0.2) is 21.1 Å². The summed E-state index contributed by atoms with van der Waals surface area (Å²) in [5, 5.41) is 1.86. The number of para-hydroxylation sites is 1. The van der Waals surface area contributed by atoms with E-state index in [0.717, 1.165) is 40.6 Å². The third-order valence-corrected chi connectivity index (χ3v) is 6.88. The van der Waals surface area contributed by atoms with Gasteiger partial charge in [0.05, 0.1) is 17.2 Å². The van der Waals surface area contributed by atoms with Crippen LogP contribution in [0.15, 0.2) is 65.6 Å².